The number of ether oxygens (including phenoxy) is 2. The first-order valence-corrected chi connectivity index (χ1v) is 11.3. The fraction of sp³-hybridized carbons (Fsp3) is 0.913. The second-order valence-electron chi connectivity index (χ2n) is 12.1. The quantitative estimate of drug-likeness (QED) is 0.333. The zero-order valence-corrected chi connectivity index (χ0v) is 19.4. The van der Waals surface area contributed by atoms with E-state index in [0.29, 0.717) is 31.0 Å². The molecule has 4 saturated carbocycles. The predicted octanol–water partition coefficient (Wildman–Crippen LogP) is 2.32. The number of quaternary nitrogens is 2. The van der Waals surface area contributed by atoms with E-state index in [1.807, 2.05) is 0 Å². The number of carbonyl (C=O) groups is 2. The summed E-state index contributed by atoms with van der Waals surface area (Å²) in [6.07, 6.45) is 6.78. The highest BCUT2D eigenvalue weighted by Gasteiger charge is 2.59. The Hall–Kier alpha value is -1.14. The van der Waals surface area contributed by atoms with Crippen LogP contribution in [0, 0.1) is 29.1 Å². The van der Waals surface area contributed by atoms with Crippen molar-refractivity contribution < 1.29 is 28.0 Å². The lowest BCUT2D eigenvalue weighted by Gasteiger charge is -2.58. The van der Waals surface area contributed by atoms with Crippen LogP contribution in [-0.2, 0) is 19.1 Å². The molecule has 0 saturated heterocycles. The highest BCUT2D eigenvalue weighted by molar-refractivity contribution is 5.96. The molecule has 6 nitrogen and oxygen atoms in total. The Bertz CT molecular complexity index is 550. The summed E-state index contributed by atoms with van der Waals surface area (Å²) in [7, 11) is 12.4. The van der Waals surface area contributed by atoms with Gasteiger partial charge >= 0.3 is 11.9 Å². The summed E-state index contributed by atoms with van der Waals surface area (Å²) in [6, 6.07) is 0. The molecule has 0 aromatic heterocycles. The van der Waals surface area contributed by atoms with Crippen molar-refractivity contribution in [2.24, 2.45) is 29.1 Å². The molecule has 0 aromatic carbocycles. The second kappa shape index (κ2) is 8.18. The van der Waals surface area contributed by atoms with Gasteiger partial charge in [-0.2, -0.15) is 0 Å². The van der Waals surface area contributed by atoms with Gasteiger partial charge in [0.15, 0.2) is 5.92 Å². The molecule has 0 heterocycles. The Kier molecular flexibility index (Phi) is 6.36. The number of esters is 2. The molecule has 0 unspecified atom stereocenters. The van der Waals surface area contributed by atoms with Gasteiger partial charge in [0.1, 0.15) is 26.3 Å². The number of carbonyl (C=O) groups excluding carboxylic acids is 2. The summed E-state index contributed by atoms with van der Waals surface area (Å²) in [4.78, 5) is 26.4. The van der Waals surface area contributed by atoms with Crippen LogP contribution in [0.4, 0.5) is 0 Å². The van der Waals surface area contributed by atoms with E-state index in [1.165, 1.54) is 19.3 Å². The van der Waals surface area contributed by atoms with E-state index >= 15 is 0 Å². The lowest BCUT2D eigenvalue weighted by atomic mass is 9.46. The van der Waals surface area contributed by atoms with Crippen LogP contribution in [-0.4, -0.2) is 89.5 Å². The van der Waals surface area contributed by atoms with Crippen molar-refractivity contribution in [3.05, 3.63) is 0 Å². The lowest BCUT2D eigenvalue weighted by molar-refractivity contribution is -0.870. The molecule has 4 rings (SSSR count). The third kappa shape index (κ3) is 5.72. The van der Waals surface area contributed by atoms with Crippen LogP contribution in [0.3, 0.4) is 0 Å². The van der Waals surface area contributed by atoms with Gasteiger partial charge in [-0.25, -0.2) is 0 Å². The summed E-state index contributed by atoms with van der Waals surface area (Å²) >= 11 is 0. The highest BCUT2D eigenvalue weighted by atomic mass is 16.6. The van der Waals surface area contributed by atoms with Crippen LogP contribution >= 0.6 is 0 Å². The fourth-order valence-electron chi connectivity index (χ4n) is 6.13. The molecule has 0 spiro atoms. The van der Waals surface area contributed by atoms with Crippen molar-refractivity contribution >= 4 is 11.9 Å². The maximum absolute atomic E-state index is 13.2. The van der Waals surface area contributed by atoms with Gasteiger partial charge in [-0.15, -0.1) is 0 Å². The molecule has 0 N–H and O–H groups in total. The van der Waals surface area contributed by atoms with Crippen molar-refractivity contribution in [3.63, 3.8) is 0 Å². The zero-order valence-electron chi connectivity index (χ0n) is 19.4. The third-order valence-corrected chi connectivity index (χ3v) is 7.18. The van der Waals surface area contributed by atoms with Crippen molar-refractivity contribution in [2.45, 2.75) is 38.5 Å². The molecular formula is C23H42N2O4+2. The number of nitrogens with zero attached hydrogens (tertiary/aromatic N) is 2. The Morgan fingerprint density at radius 2 is 1.10 bits per heavy atom. The molecule has 29 heavy (non-hydrogen) atoms. The summed E-state index contributed by atoms with van der Waals surface area (Å²) < 4.78 is 12.8. The molecule has 4 fully saturated rings. The summed E-state index contributed by atoms with van der Waals surface area (Å²) in [5.74, 6) is 0.549. The van der Waals surface area contributed by atoms with Crippen LogP contribution in [0.15, 0.2) is 0 Å². The van der Waals surface area contributed by atoms with Gasteiger partial charge in [0, 0.05) is 0 Å². The van der Waals surface area contributed by atoms with Gasteiger partial charge in [0.2, 0.25) is 0 Å². The maximum Gasteiger partial charge on any atom is 0.321 e. The van der Waals surface area contributed by atoms with Crippen LogP contribution in [0.25, 0.3) is 0 Å². The van der Waals surface area contributed by atoms with Crippen molar-refractivity contribution in [1.82, 2.24) is 0 Å². The normalized spacial score (nSPS) is 31.2. The van der Waals surface area contributed by atoms with E-state index in [4.69, 9.17) is 9.47 Å². The van der Waals surface area contributed by atoms with Crippen molar-refractivity contribution in [3.8, 4) is 0 Å². The van der Waals surface area contributed by atoms with Gasteiger partial charge in [-0.05, 0) is 61.7 Å². The minimum absolute atomic E-state index is 0.240. The molecule has 4 aliphatic rings. The molecule has 0 atom stereocenters. The van der Waals surface area contributed by atoms with Crippen molar-refractivity contribution in [1.29, 1.82) is 0 Å². The van der Waals surface area contributed by atoms with Gasteiger partial charge < -0.3 is 18.4 Å². The molecule has 166 valence electrons. The Balaban J connectivity index is 1.73. The molecule has 0 aromatic rings. The lowest BCUT2D eigenvalue weighted by Crippen LogP contribution is -2.54. The minimum Gasteiger partial charge on any atom is -0.459 e. The summed E-state index contributed by atoms with van der Waals surface area (Å²) in [6.45, 7) is 2.15. The summed E-state index contributed by atoms with van der Waals surface area (Å²) in [5.41, 5.74) is -0.240. The smallest absolute Gasteiger partial charge is 0.321 e. The van der Waals surface area contributed by atoms with Gasteiger partial charge in [-0.3, -0.25) is 9.59 Å². The second-order valence-corrected chi connectivity index (χ2v) is 12.1. The van der Waals surface area contributed by atoms with Gasteiger partial charge in [-0.1, -0.05) is 0 Å². The van der Waals surface area contributed by atoms with Crippen molar-refractivity contribution in [2.75, 3.05) is 68.6 Å². The molecular weight excluding hydrogens is 368 g/mol. The van der Waals surface area contributed by atoms with Gasteiger partial charge in [0.25, 0.3) is 0 Å². The average molecular weight is 411 g/mol. The first kappa shape index (κ1) is 22.5. The van der Waals surface area contributed by atoms with E-state index in [0.717, 1.165) is 41.3 Å². The SMILES string of the molecule is C[N+](C)(C)CCOC(=O)C(C(=O)OCC[N+](C)(C)C)C12CC3CC(CC(C3)C1)C2. The van der Waals surface area contributed by atoms with E-state index in [1.54, 1.807) is 0 Å². The number of hydrogen-bond acceptors (Lipinski definition) is 4. The fourth-order valence-corrected chi connectivity index (χ4v) is 6.13. The Morgan fingerprint density at radius 3 is 1.41 bits per heavy atom. The number of likely N-dealkylation sites (N-methyl/N-ethyl adjacent to an activating group) is 2. The molecule has 0 radical (unpaired) electrons. The molecule has 0 aliphatic heterocycles. The maximum atomic E-state index is 13.2. The van der Waals surface area contributed by atoms with E-state index in [9.17, 15) is 9.59 Å². The van der Waals surface area contributed by atoms with Gasteiger partial charge in [0.05, 0.1) is 42.3 Å². The minimum atomic E-state index is -0.754. The Labute approximate surface area is 176 Å². The largest absolute Gasteiger partial charge is 0.459 e. The highest BCUT2D eigenvalue weighted by Crippen LogP contribution is 2.63. The Morgan fingerprint density at radius 1 is 0.759 bits per heavy atom. The number of rotatable bonds is 9. The van der Waals surface area contributed by atoms with Crippen LogP contribution in [0.2, 0.25) is 0 Å². The predicted molar refractivity (Wildman–Crippen MR) is 112 cm³/mol. The molecule has 0 amide bonds. The first-order valence-electron chi connectivity index (χ1n) is 11.3. The zero-order chi connectivity index (χ0) is 21.4. The van der Waals surface area contributed by atoms with Crippen LogP contribution in [0.5, 0.6) is 0 Å². The van der Waals surface area contributed by atoms with Crippen LogP contribution < -0.4 is 0 Å². The van der Waals surface area contributed by atoms with E-state index in [-0.39, 0.29) is 17.4 Å². The summed E-state index contributed by atoms with van der Waals surface area (Å²) in [5, 5.41) is 0. The van der Waals surface area contributed by atoms with E-state index in [2.05, 4.69) is 42.3 Å². The van der Waals surface area contributed by atoms with Crippen LogP contribution in [0.1, 0.15) is 38.5 Å². The number of hydrogen-bond donors (Lipinski definition) is 0. The third-order valence-electron chi connectivity index (χ3n) is 7.18. The molecule has 4 aliphatic carbocycles. The topological polar surface area (TPSA) is 52.6 Å². The average Bonchev–Trinajstić information content (AvgIpc) is 2.50. The standard InChI is InChI=1S/C23H42N2O4/c1-24(2,3)7-9-28-21(26)20(22(27)29-10-8-25(4,5)6)23-14-17-11-18(15-23)13-19(12-17)16-23/h17-20H,7-16H2,1-6H3/q+2. The van der Waals surface area contributed by atoms with E-state index < -0.39 is 5.92 Å². The monoisotopic (exact) mass is 410 g/mol. The first-order chi connectivity index (χ1) is 13.4. The molecule has 6 heteroatoms. The molecule has 4 bridgehead atoms.